The molecule has 2 atom stereocenters. The van der Waals surface area contributed by atoms with E-state index in [0.717, 1.165) is 38.5 Å². The van der Waals surface area contributed by atoms with Crippen LogP contribution in [0.25, 0.3) is 0 Å². The molecule has 0 saturated carbocycles. The minimum atomic E-state index is -0.846. The first-order valence-corrected chi connectivity index (χ1v) is 35.5. The van der Waals surface area contributed by atoms with Gasteiger partial charge in [0.15, 0.2) is 0 Å². The molecule has 0 radical (unpaired) electrons. The largest absolute Gasteiger partial charge is 0.466 e. The summed E-state index contributed by atoms with van der Waals surface area (Å²) in [4.78, 5) is 24.6. The van der Waals surface area contributed by atoms with Gasteiger partial charge in [-0.15, -0.1) is 0 Å². The first-order chi connectivity index (χ1) is 38.0. The Labute approximate surface area is 482 Å². The number of carbonyl (C=O) groups is 2. The zero-order valence-electron chi connectivity index (χ0n) is 52.5. The van der Waals surface area contributed by atoms with E-state index in [1.807, 2.05) is 6.08 Å². The molecule has 0 aromatic rings. The van der Waals surface area contributed by atoms with E-state index < -0.39 is 12.1 Å². The van der Waals surface area contributed by atoms with Crippen molar-refractivity contribution in [2.24, 2.45) is 0 Å². The topological polar surface area (TPSA) is 95.9 Å². The molecule has 0 bridgehead atoms. The number of amides is 1. The van der Waals surface area contributed by atoms with Crippen molar-refractivity contribution in [3.05, 3.63) is 12.2 Å². The van der Waals surface area contributed by atoms with Gasteiger partial charge in [-0.3, -0.25) is 9.59 Å². The maximum Gasteiger partial charge on any atom is 0.305 e. The summed E-state index contributed by atoms with van der Waals surface area (Å²) < 4.78 is 5.49. The van der Waals surface area contributed by atoms with Crippen molar-refractivity contribution in [3.63, 3.8) is 0 Å². The van der Waals surface area contributed by atoms with Crippen molar-refractivity contribution in [1.82, 2.24) is 5.32 Å². The van der Waals surface area contributed by atoms with Gasteiger partial charge >= 0.3 is 5.97 Å². The van der Waals surface area contributed by atoms with Crippen LogP contribution < -0.4 is 5.32 Å². The first-order valence-electron chi connectivity index (χ1n) is 35.5. The first kappa shape index (κ1) is 75.6. The highest BCUT2D eigenvalue weighted by molar-refractivity contribution is 5.76. The summed E-state index contributed by atoms with van der Waals surface area (Å²) in [5, 5.41) is 23.3. The molecule has 0 aliphatic heterocycles. The van der Waals surface area contributed by atoms with Gasteiger partial charge < -0.3 is 20.3 Å². The lowest BCUT2D eigenvalue weighted by atomic mass is 10.0. The summed E-state index contributed by atoms with van der Waals surface area (Å²) in [6.07, 6.45) is 82.9. The van der Waals surface area contributed by atoms with Crippen LogP contribution in [0.2, 0.25) is 0 Å². The van der Waals surface area contributed by atoms with Crippen molar-refractivity contribution in [3.8, 4) is 0 Å². The van der Waals surface area contributed by atoms with E-state index in [2.05, 4.69) is 19.2 Å². The molecule has 0 saturated heterocycles. The highest BCUT2D eigenvalue weighted by Crippen LogP contribution is 2.19. The van der Waals surface area contributed by atoms with Gasteiger partial charge in [-0.2, -0.15) is 0 Å². The number of carbonyl (C=O) groups excluding carboxylic acids is 2. The molecule has 2 unspecified atom stereocenters. The summed E-state index contributed by atoms with van der Waals surface area (Å²) >= 11 is 0. The van der Waals surface area contributed by atoms with Crippen molar-refractivity contribution in [1.29, 1.82) is 0 Å². The molecule has 6 heteroatoms. The smallest absolute Gasteiger partial charge is 0.305 e. The predicted octanol–water partition coefficient (Wildman–Crippen LogP) is 22.8. The number of allylic oxidation sites excluding steroid dienone is 1. The molecule has 0 fully saturated rings. The van der Waals surface area contributed by atoms with Crippen LogP contribution >= 0.6 is 0 Å². The fourth-order valence-electron chi connectivity index (χ4n) is 11.4. The van der Waals surface area contributed by atoms with E-state index in [1.165, 1.54) is 340 Å². The molecule has 0 aliphatic carbocycles. The van der Waals surface area contributed by atoms with Crippen LogP contribution in [0, 0.1) is 0 Å². The van der Waals surface area contributed by atoms with E-state index in [9.17, 15) is 19.8 Å². The molecule has 0 spiro atoms. The van der Waals surface area contributed by atoms with E-state index >= 15 is 0 Å². The van der Waals surface area contributed by atoms with Crippen LogP contribution in [-0.2, 0) is 14.3 Å². The van der Waals surface area contributed by atoms with Crippen LogP contribution in [0.15, 0.2) is 12.2 Å². The summed E-state index contributed by atoms with van der Waals surface area (Å²) in [7, 11) is 0. The van der Waals surface area contributed by atoms with Crippen LogP contribution in [0.1, 0.15) is 406 Å². The predicted molar refractivity (Wildman–Crippen MR) is 338 cm³/mol. The minimum absolute atomic E-state index is 0.0149. The maximum absolute atomic E-state index is 12.5. The van der Waals surface area contributed by atoms with Crippen molar-refractivity contribution in [2.45, 2.75) is 418 Å². The number of esters is 1. The molecule has 1 amide bonds. The van der Waals surface area contributed by atoms with Gasteiger partial charge in [0.2, 0.25) is 5.91 Å². The molecule has 458 valence electrons. The zero-order chi connectivity index (χ0) is 55.7. The number of aliphatic hydroxyl groups is 2. The highest BCUT2D eigenvalue weighted by Gasteiger charge is 2.18. The van der Waals surface area contributed by atoms with Gasteiger partial charge in [-0.1, -0.05) is 373 Å². The zero-order valence-corrected chi connectivity index (χ0v) is 52.5. The van der Waals surface area contributed by atoms with Gasteiger partial charge in [-0.05, 0) is 32.1 Å². The molecule has 0 aromatic carbocycles. The van der Waals surface area contributed by atoms with Crippen LogP contribution in [0.4, 0.5) is 0 Å². The van der Waals surface area contributed by atoms with Gasteiger partial charge in [0.05, 0.1) is 25.4 Å². The van der Waals surface area contributed by atoms with E-state index in [4.69, 9.17) is 4.74 Å². The number of nitrogens with one attached hydrogen (secondary N) is 1. The van der Waals surface area contributed by atoms with Crippen molar-refractivity contribution < 1.29 is 24.5 Å². The molecule has 3 N–H and O–H groups in total. The molecule has 0 rings (SSSR count). The second-order valence-electron chi connectivity index (χ2n) is 24.6. The number of hydrogen-bond donors (Lipinski definition) is 3. The van der Waals surface area contributed by atoms with Gasteiger partial charge in [0.25, 0.3) is 0 Å². The Hall–Kier alpha value is -1.40. The maximum atomic E-state index is 12.5. The lowest BCUT2D eigenvalue weighted by Gasteiger charge is -2.20. The average Bonchev–Trinajstić information content (AvgIpc) is 3.43. The Balaban J connectivity index is 3.40. The van der Waals surface area contributed by atoms with Crippen molar-refractivity contribution in [2.75, 3.05) is 13.2 Å². The summed E-state index contributed by atoms with van der Waals surface area (Å²) in [6, 6.07) is -0.629. The fraction of sp³-hybridized carbons (Fsp3) is 0.944. The molecule has 0 aromatic heterocycles. The quantitative estimate of drug-likeness (QED) is 0.0320. The Morgan fingerprint density at radius 1 is 0.351 bits per heavy atom. The third kappa shape index (κ3) is 63.6. The number of unbranched alkanes of at least 4 members (excludes halogenated alkanes) is 56. The molecule has 0 aliphatic rings. The summed E-state index contributed by atoms with van der Waals surface area (Å²) in [6.45, 7) is 4.95. The lowest BCUT2D eigenvalue weighted by Crippen LogP contribution is -2.45. The second-order valence-corrected chi connectivity index (χ2v) is 24.6. The Bertz CT molecular complexity index is 1160. The van der Waals surface area contributed by atoms with Crippen LogP contribution in [0.5, 0.6) is 0 Å². The minimum Gasteiger partial charge on any atom is -0.466 e. The third-order valence-electron chi connectivity index (χ3n) is 16.8. The van der Waals surface area contributed by atoms with E-state index in [0.29, 0.717) is 19.4 Å². The van der Waals surface area contributed by atoms with Crippen molar-refractivity contribution >= 4 is 11.9 Å². The Morgan fingerprint density at radius 3 is 0.883 bits per heavy atom. The average molecular weight is 1090 g/mol. The second kappa shape index (κ2) is 67.1. The van der Waals surface area contributed by atoms with E-state index in [1.54, 1.807) is 6.08 Å². The summed E-state index contributed by atoms with van der Waals surface area (Å²) in [5.74, 6) is -0.0488. The SMILES string of the molecule is CCCCCCCCCCCCCCCCCCCCCCCCC/C=C/C(O)C(CO)NC(=O)CCCCCCCCCCCCCCCCCCCCCCCOC(=O)CCCCCCCCCCCCCCCC. The third-order valence-corrected chi connectivity index (χ3v) is 16.8. The Morgan fingerprint density at radius 2 is 0.597 bits per heavy atom. The summed E-state index contributed by atoms with van der Waals surface area (Å²) in [5.41, 5.74) is 0. The van der Waals surface area contributed by atoms with Crippen LogP contribution in [0.3, 0.4) is 0 Å². The normalized spacial score (nSPS) is 12.5. The van der Waals surface area contributed by atoms with Gasteiger partial charge in [0, 0.05) is 12.8 Å². The van der Waals surface area contributed by atoms with Gasteiger partial charge in [-0.25, -0.2) is 0 Å². The number of hydrogen-bond acceptors (Lipinski definition) is 5. The van der Waals surface area contributed by atoms with Crippen LogP contribution in [-0.4, -0.2) is 47.4 Å². The Kier molecular flexibility index (Phi) is 65.9. The number of rotatable bonds is 67. The van der Waals surface area contributed by atoms with E-state index in [-0.39, 0.29) is 18.5 Å². The molecule has 77 heavy (non-hydrogen) atoms. The molecular weight excluding hydrogens is 947 g/mol. The fourth-order valence-corrected chi connectivity index (χ4v) is 11.4. The highest BCUT2D eigenvalue weighted by atomic mass is 16.5. The van der Waals surface area contributed by atoms with Gasteiger partial charge in [0.1, 0.15) is 0 Å². The molecule has 0 heterocycles. The molecular formula is C71H139NO5. The number of aliphatic hydroxyl groups excluding tert-OH is 2. The molecule has 6 nitrogen and oxygen atoms in total. The lowest BCUT2D eigenvalue weighted by molar-refractivity contribution is -0.143. The standard InChI is InChI=1S/C71H139NO5/c1-3-5-7-9-11-13-15-17-19-20-21-22-23-24-25-27-30-33-36-39-43-47-51-55-59-63-69(74)68(67-73)72-70(75)64-60-56-52-48-44-40-37-34-31-28-26-29-32-35-38-42-46-50-54-58-62-66-77-71(76)65-61-57-53-49-45-41-18-16-14-12-10-8-6-4-2/h59,63,68-69,73-74H,3-58,60-62,64-67H2,1-2H3,(H,72,75)/b63-59+. The number of ether oxygens (including phenoxy) is 1. The monoisotopic (exact) mass is 1090 g/mol.